The summed E-state index contributed by atoms with van der Waals surface area (Å²) in [6.07, 6.45) is 0.412. The maximum atomic E-state index is 11.3. The molecule has 0 bridgehead atoms. The highest BCUT2D eigenvalue weighted by molar-refractivity contribution is 6.30. The number of esters is 1. The minimum Gasteiger partial charge on any atom is -0.468 e. The molecule has 0 heterocycles. The van der Waals surface area contributed by atoms with Crippen LogP contribution in [0.4, 0.5) is 0 Å². The Morgan fingerprint density at radius 1 is 1.05 bits per heavy atom. The van der Waals surface area contributed by atoms with Crippen LogP contribution in [0, 0.1) is 0 Å². The molecule has 0 aliphatic rings. The van der Waals surface area contributed by atoms with E-state index >= 15 is 0 Å². The molecular weight excluding hydrogens is 311 g/mol. The van der Waals surface area contributed by atoms with Crippen LogP contribution in [0.15, 0.2) is 48.5 Å². The Morgan fingerprint density at radius 2 is 1.57 bits per heavy atom. The average Bonchev–Trinajstić information content (AvgIpc) is 2.50. The monoisotopic (exact) mass is 324 g/mol. The normalized spacial score (nSPS) is 11.8. The largest absolute Gasteiger partial charge is 0.468 e. The van der Waals surface area contributed by atoms with Gasteiger partial charge in [0, 0.05) is 5.02 Å². The van der Waals surface area contributed by atoms with Crippen molar-refractivity contribution >= 4 is 29.2 Å². The van der Waals surface area contributed by atoms with E-state index in [1.54, 1.807) is 24.3 Å². The summed E-state index contributed by atoms with van der Waals surface area (Å²) in [5, 5.41) is -0.0216. The Labute approximate surface area is 133 Å². The number of carbonyl (C=O) groups excluding carboxylic acids is 1. The predicted octanol–water partition coefficient (Wildman–Crippen LogP) is 4.46. The van der Waals surface area contributed by atoms with Crippen molar-refractivity contribution < 1.29 is 14.3 Å². The van der Waals surface area contributed by atoms with E-state index in [0.29, 0.717) is 22.9 Å². The molecule has 2 aromatic rings. The van der Waals surface area contributed by atoms with Crippen LogP contribution in [-0.4, -0.2) is 18.5 Å². The molecule has 5 heteroatoms. The van der Waals surface area contributed by atoms with Gasteiger partial charge in [-0.3, -0.25) is 4.79 Å². The van der Waals surface area contributed by atoms with Gasteiger partial charge in [-0.25, -0.2) is 0 Å². The quantitative estimate of drug-likeness (QED) is 0.602. The van der Waals surface area contributed by atoms with Crippen molar-refractivity contribution in [2.24, 2.45) is 0 Å². The fourth-order valence-corrected chi connectivity index (χ4v) is 2.14. The van der Waals surface area contributed by atoms with Gasteiger partial charge in [0.05, 0.1) is 7.11 Å². The van der Waals surface area contributed by atoms with Crippen molar-refractivity contribution in [1.29, 1.82) is 0 Å². The zero-order chi connectivity index (χ0) is 15.2. The number of hydrogen-bond donors (Lipinski definition) is 0. The molecule has 21 heavy (non-hydrogen) atoms. The van der Waals surface area contributed by atoms with Crippen molar-refractivity contribution in [3.8, 4) is 11.5 Å². The van der Waals surface area contributed by atoms with Crippen LogP contribution < -0.4 is 4.74 Å². The Morgan fingerprint density at radius 3 is 2.10 bits per heavy atom. The first-order valence-electron chi connectivity index (χ1n) is 6.33. The zero-order valence-electron chi connectivity index (χ0n) is 11.4. The molecule has 0 aromatic heterocycles. The van der Waals surface area contributed by atoms with Crippen molar-refractivity contribution in [3.63, 3.8) is 0 Å². The fraction of sp³-hybridized carbons (Fsp3) is 0.188. The van der Waals surface area contributed by atoms with Crippen LogP contribution in [0.3, 0.4) is 0 Å². The second-order valence-corrected chi connectivity index (χ2v) is 5.36. The van der Waals surface area contributed by atoms with Crippen LogP contribution in [0.25, 0.3) is 0 Å². The lowest BCUT2D eigenvalue weighted by atomic mass is 10.1. The third-order valence-electron chi connectivity index (χ3n) is 2.84. The average molecular weight is 325 g/mol. The van der Waals surface area contributed by atoms with Crippen LogP contribution >= 0.6 is 23.2 Å². The minimum absolute atomic E-state index is 0.412. The van der Waals surface area contributed by atoms with Gasteiger partial charge in [0.15, 0.2) is 0 Å². The fourth-order valence-electron chi connectivity index (χ4n) is 1.75. The molecule has 0 radical (unpaired) electrons. The third kappa shape index (κ3) is 4.66. The summed E-state index contributed by atoms with van der Waals surface area (Å²) in [6.45, 7) is 0. The second-order valence-electron chi connectivity index (χ2n) is 4.39. The number of rotatable bonds is 5. The number of alkyl halides is 1. The number of benzene rings is 2. The molecule has 110 valence electrons. The van der Waals surface area contributed by atoms with E-state index < -0.39 is 11.3 Å². The molecule has 1 atom stereocenters. The first-order valence-corrected chi connectivity index (χ1v) is 7.14. The Bertz CT molecular complexity index is 594. The Balaban J connectivity index is 1.98. The van der Waals surface area contributed by atoms with Crippen LogP contribution in [0.5, 0.6) is 11.5 Å². The summed E-state index contributed by atoms with van der Waals surface area (Å²) < 4.78 is 10.3. The highest BCUT2D eigenvalue weighted by atomic mass is 35.5. The first kappa shape index (κ1) is 15.7. The molecule has 0 saturated carbocycles. The number of methoxy groups -OCH3 is 1. The Kier molecular flexibility index (Phi) is 5.48. The smallest absolute Gasteiger partial charge is 0.324 e. The highest BCUT2D eigenvalue weighted by Gasteiger charge is 2.16. The van der Waals surface area contributed by atoms with E-state index in [4.69, 9.17) is 27.9 Å². The predicted molar refractivity (Wildman–Crippen MR) is 83.3 cm³/mol. The van der Waals surface area contributed by atoms with Crippen molar-refractivity contribution in [2.75, 3.05) is 7.11 Å². The molecule has 0 spiro atoms. The molecule has 0 fully saturated rings. The molecule has 0 aliphatic heterocycles. The van der Waals surface area contributed by atoms with Gasteiger partial charge in [0.2, 0.25) is 0 Å². The summed E-state index contributed by atoms with van der Waals surface area (Å²) in [7, 11) is 1.32. The summed E-state index contributed by atoms with van der Waals surface area (Å²) in [5.74, 6) is 0.973. The second kappa shape index (κ2) is 7.34. The van der Waals surface area contributed by atoms with Gasteiger partial charge in [-0.2, -0.15) is 0 Å². The van der Waals surface area contributed by atoms with Gasteiger partial charge in [-0.05, 0) is 48.4 Å². The third-order valence-corrected chi connectivity index (χ3v) is 3.43. The van der Waals surface area contributed by atoms with Crippen molar-refractivity contribution in [3.05, 3.63) is 59.1 Å². The maximum absolute atomic E-state index is 11.3. The molecule has 3 nitrogen and oxygen atoms in total. The minimum atomic E-state index is -0.682. The van der Waals surface area contributed by atoms with E-state index in [2.05, 4.69) is 4.74 Å². The van der Waals surface area contributed by atoms with Crippen LogP contribution in [0.1, 0.15) is 5.56 Å². The van der Waals surface area contributed by atoms with Crippen molar-refractivity contribution in [1.82, 2.24) is 0 Å². The number of hydrogen-bond acceptors (Lipinski definition) is 3. The lowest BCUT2D eigenvalue weighted by Crippen LogP contribution is -2.18. The molecule has 2 rings (SSSR count). The molecule has 2 aromatic carbocycles. The zero-order valence-corrected chi connectivity index (χ0v) is 12.9. The summed E-state index contributed by atoms with van der Waals surface area (Å²) in [5.41, 5.74) is 0.934. The first-order chi connectivity index (χ1) is 10.1. The number of ether oxygens (including phenoxy) is 2. The van der Waals surface area contributed by atoms with Gasteiger partial charge in [-0.1, -0.05) is 23.7 Å². The number of halogens is 2. The van der Waals surface area contributed by atoms with Gasteiger partial charge >= 0.3 is 5.97 Å². The molecule has 0 N–H and O–H groups in total. The summed E-state index contributed by atoms with van der Waals surface area (Å²) in [6, 6.07) is 14.5. The van der Waals surface area contributed by atoms with Gasteiger partial charge in [0.25, 0.3) is 0 Å². The molecule has 0 saturated heterocycles. The van der Waals surface area contributed by atoms with Gasteiger partial charge in [-0.15, -0.1) is 11.6 Å². The van der Waals surface area contributed by atoms with E-state index in [1.807, 2.05) is 24.3 Å². The summed E-state index contributed by atoms with van der Waals surface area (Å²) >= 11 is 11.7. The van der Waals surface area contributed by atoms with E-state index in [0.717, 1.165) is 5.56 Å². The van der Waals surface area contributed by atoms with Gasteiger partial charge in [0.1, 0.15) is 16.9 Å². The number of carbonyl (C=O) groups is 1. The van der Waals surface area contributed by atoms with Crippen LogP contribution in [-0.2, 0) is 16.0 Å². The molecule has 0 amide bonds. The SMILES string of the molecule is COC(=O)C(Cl)Cc1ccc(Oc2ccc(Cl)cc2)cc1. The maximum Gasteiger partial charge on any atom is 0.324 e. The molecular formula is C16H14Cl2O3. The lowest BCUT2D eigenvalue weighted by Gasteiger charge is -2.09. The molecule has 1 unspecified atom stereocenters. The van der Waals surface area contributed by atoms with Crippen LogP contribution in [0.2, 0.25) is 5.02 Å². The van der Waals surface area contributed by atoms with Gasteiger partial charge < -0.3 is 9.47 Å². The summed E-state index contributed by atoms with van der Waals surface area (Å²) in [4.78, 5) is 11.3. The Hall–Kier alpha value is -1.71. The topological polar surface area (TPSA) is 35.5 Å². The van der Waals surface area contributed by atoms with Crippen molar-refractivity contribution in [2.45, 2.75) is 11.8 Å². The van der Waals surface area contributed by atoms with E-state index in [1.165, 1.54) is 7.11 Å². The van der Waals surface area contributed by atoms with E-state index in [-0.39, 0.29) is 0 Å². The standard InChI is InChI=1S/C16H14Cl2O3/c1-20-16(19)15(18)10-11-2-6-13(7-3-11)21-14-8-4-12(17)5-9-14/h2-9,15H,10H2,1H3. The molecule has 0 aliphatic carbocycles. The highest BCUT2D eigenvalue weighted by Crippen LogP contribution is 2.23. The van der Waals surface area contributed by atoms with E-state index in [9.17, 15) is 4.79 Å². The lowest BCUT2D eigenvalue weighted by molar-refractivity contribution is -0.140.